The van der Waals surface area contributed by atoms with Crippen LogP contribution in [0, 0.1) is 0 Å². The molecule has 128 valence electrons. The van der Waals surface area contributed by atoms with Crippen molar-refractivity contribution in [2.24, 2.45) is 0 Å². The van der Waals surface area contributed by atoms with Gasteiger partial charge in [-0.15, -0.1) is 0 Å². The number of anilines is 1. The number of carbonyl (C=O) groups excluding carboxylic acids is 1. The van der Waals surface area contributed by atoms with Gasteiger partial charge in [0.25, 0.3) is 0 Å². The van der Waals surface area contributed by atoms with Gasteiger partial charge in [-0.2, -0.15) is 0 Å². The fourth-order valence-electron chi connectivity index (χ4n) is 2.40. The van der Waals surface area contributed by atoms with E-state index in [1.54, 1.807) is 6.07 Å². The average Bonchev–Trinajstić information content (AvgIpc) is 2.60. The lowest BCUT2D eigenvalue weighted by atomic mass is 10.1. The summed E-state index contributed by atoms with van der Waals surface area (Å²) in [5.74, 6) is 0.0850. The van der Waals surface area contributed by atoms with Gasteiger partial charge in [-0.25, -0.2) is 0 Å². The Hall–Kier alpha value is -1.71. The van der Waals surface area contributed by atoms with Crippen molar-refractivity contribution in [3.63, 3.8) is 0 Å². The van der Waals surface area contributed by atoms with Gasteiger partial charge in [-0.05, 0) is 54.7 Å². The number of hydrogen-bond acceptors (Lipinski definition) is 2. The van der Waals surface area contributed by atoms with Crippen molar-refractivity contribution in [3.05, 3.63) is 63.6 Å². The molecule has 2 rings (SSSR count). The molecule has 0 unspecified atom stereocenters. The summed E-state index contributed by atoms with van der Waals surface area (Å²) in [5.41, 5.74) is 3.37. The molecule has 0 atom stereocenters. The molecule has 2 aromatic rings. The van der Waals surface area contributed by atoms with Crippen LogP contribution in [-0.4, -0.2) is 19.5 Å². The van der Waals surface area contributed by atoms with E-state index in [0.717, 1.165) is 30.5 Å². The zero-order chi connectivity index (χ0) is 17.4. The van der Waals surface area contributed by atoms with Crippen LogP contribution >= 0.6 is 23.2 Å². The number of carbonyl (C=O) groups is 1. The SMILES string of the molecule is CNc1ccc(CCC(=O)NCCCc2ccc(Cl)c(Cl)c2)cc1. The van der Waals surface area contributed by atoms with E-state index >= 15 is 0 Å². The Morgan fingerprint density at radius 2 is 1.67 bits per heavy atom. The third-order valence-electron chi connectivity index (χ3n) is 3.83. The summed E-state index contributed by atoms with van der Waals surface area (Å²) in [7, 11) is 1.89. The van der Waals surface area contributed by atoms with Crippen LogP contribution in [0.1, 0.15) is 24.0 Å². The predicted molar refractivity (Wildman–Crippen MR) is 102 cm³/mol. The molecular formula is C19H22Cl2N2O. The molecule has 24 heavy (non-hydrogen) atoms. The minimum absolute atomic E-state index is 0.0850. The Morgan fingerprint density at radius 1 is 0.958 bits per heavy atom. The van der Waals surface area contributed by atoms with Crippen LogP contribution in [0.3, 0.4) is 0 Å². The van der Waals surface area contributed by atoms with Crippen LogP contribution in [-0.2, 0) is 17.6 Å². The second-order valence-corrected chi connectivity index (χ2v) is 6.46. The number of halogens is 2. The number of hydrogen-bond donors (Lipinski definition) is 2. The van der Waals surface area contributed by atoms with E-state index in [4.69, 9.17) is 23.2 Å². The smallest absolute Gasteiger partial charge is 0.220 e. The highest BCUT2D eigenvalue weighted by molar-refractivity contribution is 6.42. The van der Waals surface area contributed by atoms with Gasteiger partial charge < -0.3 is 10.6 Å². The quantitative estimate of drug-likeness (QED) is 0.665. The first kappa shape index (κ1) is 18.6. The molecule has 2 aromatic carbocycles. The number of nitrogens with one attached hydrogen (secondary N) is 2. The van der Waals surface area contributed by atoms with E-state index < -0.39 is 0 Å². The molecule has 0 aliphatic heterocycles. The van der Waals surface area contributed by atoms with Crippen LogP contribution in [0.2, 0.25) is 10.0 Å². The molecule has 0 saturated heterocycles. The van der Waals surface area contributed by atoms with Crippen molar-refractivity contribution >= 4 is 34.8 Å². The summed E-state index contributed by atoms with van der Waals surface area (Å²) < 4.78 is 0. The average molecular weight is 365 g/mol. The molecule has 0 radical (unpaired) electrons. The van der Waals surface area contributed by atoms with Crippen LogP contribution in [0.15, 0.2) is 42.5 Å². The van der Waals surface area contributed by atoms with E-state index in [-0.39, 0.29) is 5.91 Å². The van der Waals surface area contributed by atoms with Gasteiger partial charge >= 0.3 is 0 Å². The lowest BCUT2D eigenvalue weighted by Gasteiger charge is -2.07. The molecule has 0 saturated carbocycles. The third kappa shape index (κ3) is 6.06. The fraction of sp³-hybridized carbons (Fsp3) is 0.316. The summed E-state index contributed by atoms with van der Waals surface area (Å²) in [4.78, 5) is 11.9. The maximum atomic E-state index is 11.9. The molecular weight excluding hydrogens is 343 g/mol. The number of aryl methyl sites for hydroxylation is 2. The van der Waals surface area contributed by atoms with E-state index in [1.807, 2.05) is 43.4 Å². The molecule has 1 amide bonds. The van der Waals surface area contributed by atoms with E-state index in [0.29, 0.717) is 23.0 Å². The first-order chi connectivity index (χ1) is 11.6. The van der Waals surface area contributed by atoms with Crippen molar-refractivity contribution in [3.8, 4) is 0 Å². The normalized spacial score (nSPS) is 10.5. The lowest BCUT2D eigenvalue weighted by molar-refractivity contribution is -0.121. The molecule has 2 N–H and O–H groups in total. The topological polar surface area (TPSA) is 41.1 Å². The van der Waals surface area contributed by atoms with Crippen molar-refractivity contribution in [1.82, 2.24) is 5.32 Å². The minimum Gasteiger partial charge on any atom is -0.388 e. The Kier molecular flexibility index (Phi) is 7.41. The summed E-state index contributed by atoms with van der Waals surface area (Å²) in [6.45, 7) is 0.664. The van der Waals surface area contributed by atoms with E-state index in [2.05, 4.69) is 10.6 Å². The summed E-state index contributed by atoms with van der Waals surface area (Å²) in [6.07, 6.45) is 3.00. The van der Waals surface area contributed by atoms with E-state index in [9.17, 15) is 4.79 Å². The molecule has 0 fully saturated rings. The largest absolute Gasteiger partial charge is 0.388 e. The van der Waals surface area contributed by atoms with Crippen LogP contribution in [0.4, 0.5) is 5.69 Å². The summed E-state index contributed by atoms with van der Waals surface area (Å²) in [5, 5.41) is 7.18. The van der Waals surface area contributed by atoms with Gasteiger partial charge in [0.1, 0.15) is 0 Å². The third-order valence-corrected chi connectivity index (χ3v) is 4.57. The van der Waals surface area contributed by atoms with Gasteiger partial charge in [0.05, 0.1) is 10.0 Å². The maximum absolute atomic E-state index is 11.9. The molecule has 0 spiro atoms. The van der Waals surface area contributed by atoms with Crippen molar-refractivity contribution in [2.75, 3.05) is 18.9 Å². The molecule has 5 heteroatoms. The number of amides is 1. The fourth-order valence-corrected chi connectivity index (χ4v) is 2.72. The zero-order valence-corrected chi connectivity index (χ0v) is 15.3. The summed E-state index contributed by atoms with van der Waals surface area (Å²) in [6, 6.07) is 13.8. The molecule has 3 nitrogen and oxygen atoms in total. The van der Waals surface area contributed by atoms with Gasteiger partial charge in [0, 0.05) is 25.7 Å². The first-order valence-electron chi connectivity index (χ1n) is 8.06. The molecule has 0 heterocycles. The standard InChI is InChI=1S/C19H22Cl2N2O/c1-22-16-8-4-14(5-9-16)7-11-19(24)23-12-2-3-15-6-10-17(20)18(21)13-15/h4-6,8-10,13,22H,2-3,7,11-12H2,1H3,(H,23,24). The Morgan fingerprint density at radius 3 is 2.33 bits per heavy atom. The monoisotopic (exact) mass is 364 g/mol. The van der Waals surface area contributed by atoms with Crippen molar-refractivity contribution < 1.29 is 4.79 Å². The molecule has 0 aliphatic rings. The summed E-state index contributed by atoms with van der Waals surface area (Å²) >= 11 is 11.9. The lowest BCUT2D eigenvalue weighted by Crippen LogP contribution is -2.24. The first-order valence-corrected chi connectivity index (χ1v) is 8.81. The number of benzene rings is 2. The molecule has 0 aliphatic carbocycles. The van der Waals surface area contributed by atoms with E-state index in [1.165, 1.54) is 5.56 Å². The maximum Gasteiger partial charge on any atom is 0.220 e. The van der Waals surface area contributed by atoms with Crippen LogP contribution < -0.4 is 10.6 Å². The Labute approximate surface area is 153 Å². The molecule has 0 bridgehead atoms. The van der Waals surface area contributed by atoms with Crippen molar-refractivity contribution in [1.29, 1.82) is 0 Å². The second-order valence-electron chi connectivity index (χ2n) is 5.65. The Bertz CT molecular complexity index is 672. The number of rotatable bonds is 8. The van der Waals surface area contributed by atoms with Gasteiger partial charge in [-0.3, -0.25) is 4.79 Å². The highest BCUT2D eigenvalue weighted by Crippen LogP contribution is 2.23. The van der Waals surface area contributed by atoms with Crippen LogP contribution in [0.25, 0.3) is 0 Å². The van der Waals surface area contributed by atoms with Crippen molar-refractivity contribution in [2.45, 2.75) is 25.7 Å². The highest BCUT2D eigenvalue weighted by Gasteiger charge is 2.03. The zero-order valence-electron chi connectivity index (χ0n) is 13.7. The highest BCUT2D eigenvalue weighted by atomic mass is 35.5. The van der Waals surface area contributed by atoms with Gasteiger partial charge in [0.2, 0.25) is 5.91 Å². The van der Waals surface area contributed by atoms with Crippen LogP contribution in [0.5, 0.6) is 0 Å². The second kappa shape index (κ2) is 9.55. The van der Waals surface area contributed by atoms with Gasteiger partial charge in [0.15, 0.2) is 0 Å². The predicted octanol–water partition coefficient (Wildman–Crippen LogP) is 4.72. The Balaban J connectivity index is 1.64. The van der Waals surface area contributed by atoms with Gasteiger partial charge in [-0.1, -0.05) is 41.4 Å². The minimum atomic E-state index is 0.0850. The molecule has 0 aromatic heterocycles.